The molecule has 1 N–H and O–H groups in total. The molecule has 0 aliphatic carbocycles. The van der Waals surface area contributed by atoms with Gasteiger partial charge in [0.25, 0.3) is 0 Å². The van der Waals surface area contributed by atoms with Crippen molar-refractivity contribution in [1.82, 2.24) is 4.98 Å². The molecule has 2 aromatic rings. The lowest BCUT2D eigenvalue weighted by molar-refractivity contribution is 0.174. The van der Waals surface area contributed by atoms with Crippen molar-refractivity contribution in [3.05, 3.63) is 34.8 Å². The highest BCUT2D eigenvalue weighted by atomic mass is 32.1. The van der Waals surface area contributed by atoms with Crippen molar-refractivity contribution in [2.24, 2.45) is 0 Å². The van der Waals surface area contributed by atoms with E-state index < -0.39 is 0 Å². The van der Waals surface area contributed by atoms with Crippen molar-refractivity contribution in [3.8, 4) is 11.5 Å². The van der Waals surface area contributed by atoms with Gasteiger partial charge in [0.1, 0.15) is 0 Å². The summed E-state index contributed by atoms with van der Waals surface area (Å²) in [6.07, 6.45) is 3.92. The molecule has 0 saturated heterocycles. The Morgan fingerprint density at radius 3 is 3.00 bits per heavy atom. The van der Waals surface area contributed by atoms with Crippen molar-refractivity contribution in [1.29, 1.82) is 0 Å². The molecular weight excluding hydrogens is 248 g/mol. The third-order valence-electron chi connectivity index (χ3n) is 2.86. The highest BCUT2D eigenvalue weighted by Gasteiger charge is 2.13. The van der Waals surface area contributed by atoms with Gasteiger partial charge in [-0.1, -0.05) is 6.07 Å². The number of benzene rings is 1. The molecule has 5 heteroatoms. The Morgan fingerprint density at radius 1 is 1.28 bits per heavy atom. The molecule has 0 radical (unpaired) electrons. The number of rotatable bonds is 4. The summed E-state index contributed by atoms with van der Waals surface area (Å²) in [5.41, 5.74) is 1.26. The van der Waals surface area contributed by atoms with Crippen molar-refractivity contribution in [3.63, 3.8) is 0 Å². The fourth-order valence-electron chi connectivity index (χ4n) is 1.90. The predicted octanol–water partition coefficient (Wildman–Crippen LogP) is 2.70. The van der Waals surface area contributed by atoms with Gasteiger partial charge in [0.2, 0.25) is 6.79 Å². The second-order valence-electron chi connectivity index (χ2n) is 4.07. The van der Waals surface area contributed by atoms with E-state index in [1.807, 2.05) is 19.3 Å². The molecule has 0 unspecified atom stereocenters. The zero-order valence-corrected chi connectivity index (χ0v) is 10.9. The van der Waals surface area contributed by atoms with Crippen molar-refractivity contribution in [2.45, 2.75) is 12.8 Å². The lowest BCUT2D eigenvalue weighted by Crippen LogP contribution is -1.93. The van der Waals surface area contributed by atoms with Crippen LogP contribution in [0, 0.1) is 0 Å². The first kappa shape index (κ1) is 11.3. The van der Waals surface area contributed by atoms with Gasteiger partial charge >= 0.3 is 0 Å². The van der Waals surface area contributed by atoms with Crippen LogP contribution in [-0.4, -0.2) is 18.8 Å². The van der Waals surface area contributed by atoms with Crippen molar-refractivity contribution in [2.75, 3.05) is 19.2 Å². The molecular formula is C13H14N2O2S. The number of anilines is 1. The van der Waals surface area contributed by atoms with Crippen LogP contribution in [0.1, 0.15) is 10.4 Å². The van der Waals surface area contributed by atoms with E-state index in [-0.39, 0.29) is 0 Å². The minimum Gasteiger partial charge on any atom is -0.454 e. The summed E-state index contributed by atoms with van der Waals surface area (Å²) in [5.74, 6) is 1.70. The molecule has 0 amide bonds. The second kappa shape index (κ2) is 4.86. The standard InChI is InChI=1S/C13H14N2O2S/c1-14-13-15-7-10(18-13)4-2-9-3-5-11-12(6-9)17-8-16-11/h3,5-7H,2,4,8H2,1H3,(H,14,15). The van der Waals surface area contributed by atoms with Gasteiger partial charge < -0.3 is 14.8 Å². The first-order valence-electron chi connectivity index (χ1n) is 5.86. The molecule has 0 atom stereocenters. The van der Waals surface area contributed by atoms with Crippen LogP contribution in [0.2, 0.25) is 0 Å². The van der Waals surface area contributed by atoms with Crippen LogP contribution in [0.4, 0.5) is 5.13 Å². The topological polar surface area (TPSA) is 43.4 Å². The van der Waals surface area contributed by atoms with E-state index >= 15 is 0 Å². The van der Waals surface area contributed by atoms with Gasteiger partial charge in [-0.05, 0) is 30.5 Å². The van der Waals surface area contributed by atoms with Crippen LogP contribution in [0.5, 0.6) is 11.5 Å². The van der Waals surface area contributed by atoms with E-state index in [1.54, 1.807) is 11.3 Å². The second-order valence-corrected chi connectivity index (χ2v) is 5.18. The Hall–Kier alpha value is -1.75. The van der Waals surface area contributed by atoms with E-state index in [0.29, 0.717) is 6.79 Å². The minimum absolute atomic E-state index is 0.333. The maximum Gasteiger partial charge on any atom is 0.231 e. The van der Waals surface area contributed by atoms with Crippen LogP contribution in [0.25, 0.3) is 0 Å². The van der Waals surface area contributed by atoms with E-state index in [4.69, 9.17) is 9.47 Å². The molecule has 1 aliphatic heterocycles. The van der Waals surface area contributed by atoms with Crippen LogP contribution in [-0.2, 0) is 12.8 Å². The van der Waals surface area contributed by atoms with Crippen molar-refractivity contribution < 1.29 is 9.47 Å². The summed E-state index contributed by atoms with van der Waals surface area (Å²) in [4.78, 5) is 5.56. The van der Waals surface area contributed by atoms with Gasteiger partial charge in [-0.3, -0.25) is 0 Å². The van der Waals surface area contributed by atoms with E-state index in [9.17, 15) is 0 Å². The highest BCUT2D eigenvalue weighted by Crippen LogP contribution is 2.33. The Kier molecular flexibility index (Phi) is 3.06. The third kappa shape index (κ3) is 2.26. The quantitative estimate of drug-likeness (QED) is 0.920. The zero-order chi connectivity index (χ0) is 12.4. The largest absolute Gasteiger partial charge is 0.454 e. The molecule has 94 valence electrons. The summed E-state index contributed by atoms with van der Waals surface area (Å²) >= 11 is 1.70. The number of ether oxygens (including phenoxy) is 2. The number of thiazole rings is 1. The SMILES string of the molecule is CNc1ncc(CCc2ccc3c(c2)OCO3)s1. The van der Waals surface area contributed by atoms with Crippen LogP contribution in [0.3, 0.4) is 0 Å². The van der Waals surface area contributed by atoms with Gasteiger partial charge in [-0.2, -0.15) is 0 Å². The molecule has 1 aromatic carbocycles. The number of nitrogens with zero attached hydrogens (tertiary/aromatic N) is 1. The molecule has 1 aromatic heterocycles. The minimum atomic E-state index is 0.333. The number of aromatic nitrogens is 1. The average molecular weight is 262 g/mol. The molecule has 0 fully saturated rings. The maximum atomic E-state index is 5.37. The Labute approximate surface area is 110 Å². The van der Waals surface area contributed by atoms with Crippen LogP contribution >= 0.6 is 11.3 Å². The van der Waals surface area contributed by atoms with E-state index in [0.717, 1.165) is 29.5 Å². The first-order chi connectivity index (χ1) is 8.85. The summed E-state index contributed by atoms with van der Waals surface area (Å²) in [6, 6.07) is 6.12. The molecule has 0 bridgehead atoms. The number of aryl methyl sites for hydroxylation is 2. The summed E-state index contributed by atoms with van der Waals surface area (Å²) in [7, 11) is 1.89. The molecule has 18 heavy (non-hydrogen) atoms. The fourth-order valence-corrected chi connectivity index (χ4v) is 2.67. The maximum absolute atomic E-state index is 5.37. The molecule has 0 spiro atoms. The normalized spacial score (nSPS) is 12.7. The highest BCUT2D eigenvalue weighted by molar-refractivity contribution is 7.15. The fraction of sp³-hybridized carbons (Fsp3) is 0.308. The summed E-state index contributed by atoms with van der Waals surface area (Å²) in [6.45, 7) is 0.333. The Morgan fingerprint density at radius 2 is 2.17 bits per heavy atom. The number of hydrogen-bond acceptors (Lipinski definition) is 5. The predicted molar refractivity (Wildman–Crippen MR) is 71.6 cm³/mol. The van der Waals surface area contributed by atoms with E-state index in [2.05, 4.69) is 22.4 Å². The summed E-state index contributed by atoms with van der Waals surface area (Å²) in [5, 5.41) is 4.02. The molecule has 2 heterocycles. The molecule has 0 saturated carbocycles. The molecule has 1 aliphatic rings. The van der Waals surface area contributed by atoms with Gasteiger partial charge in [-0.25, -0.2) is 4.98 Å². The van der Waals surface area contributed by atoms with Gasteiger partial charge in [0.15, 0.2) is 16.6 Å². The van der Waals surface area contributed by atoms with Gasteiger partial charge in [0, 0.05) is 18.1 Å². The number of nitrogens with one attached hydrogen (secondary N) is 1. The Bertz CT molecular complexity index is 554. The average Bonchev–Trinajstić information content (AvgIpc) is 3.04. The van der Waals surface area contributed by atoms with Crippen LogP contribution in [0.15, 0.2) is 24.4 Å². The molecule has 3 rings (SSSR count). The van der Waals surface area contributed by atoms with Gasteiger partial charge in [-0.15, -0.1) is 11.3 Å². The van der Waals surface area contributed by atoms with Gasteiger partial charge in [0.05, 0.1) is 0 Å². The van der Waals surface area contributed by atoms with E-state index in [1.165, 1.54) is 10.4 Å². The number of fused-ring (bicyclic) bond motifs is 1. The lowest BCUT2D eigenvalue weighted by atomic mass is 10.1. The van der Waals surface area contributed by atoms with Crippen LogP contribution < -0.4 is 14.8 Å². The first-order valence-corrected chi connectivity index (χ1v) is 6.68. The third-order valence-corrected chi connectivity index (χ3v) is 3.94. The van der Waals surface area contributed by atoms with Crippen molar-refractivity contribution >= 4 is 16.5 Å². The number of hydrogen-bond donors (Lipinski definition) is 1. The monoisotopic (exact) mass is 262 g/mol. The zero-order valence-electron chi connectivity index (χ0n) is 10.1. The Balaban J connectivity index is 1.66. The summed E-state index contributed by atoms with van der Waals surface area (Å²) < 4.78 is 10.7. The molecule has 4 nitrogen and oxygen atoms in total. The smallest absolute Gasteiger partial charge is 0.231 e. The lowest BCUT2D eigenvalue weighted by Gasteiger charge is -2.01.